The molecule has 0 aliphatic heterocycles. The van der Waals surface area contributed by atoms with E-state index in [9.17, 15) is 0 Å². The molecule has 1 unspecified atom stereocenters. The van der Waals surface area contributed by atoms with Gasteiger partial charge in [0.05, 0.1) is 0 Å². The van der Waals surface area contributed by atoms with Crippen molar-refractivity contribution in [2.75, 3.05) is 0 Å². The highest BCUT2D eigenvalue weighted by atomic mass is 32.1. The fraction of sp³-hybridized carbons (Fsp3) is 0.824. The molecule has 0 radical (unpaired) electrons. The van der Waals surface area contributed by atoms with Crippen LogP contribution in [0.25, 0.3) is 0 Å². The lowest BCUT2D eigenvalue weighted by Crippen LogP contribution is -1.98. The van der Waals surface area contributed by atoms with Crippen LogP contribution in [0, 0.1) is 0 Å². The number of unbranched alkanes of at least 4 members (excludes halogenated alkanes) is 7. The van der Waals surface area contributed by atoms with E-state index in [1.807, 2.05) is 0 Å². The molecule has 1 heterocycles. The predicted molar refractivity (Wildman–Crippen MR) is 87.0 cm³/mol. The van der Waals surface area contributed by atoms with Gasteiger partial charge in [-0.05, 0) is 35.9 Å². The van der Waals surface area contributed by atoms with Crippen LogP contribution in [0.3, 0.4) is 0 Å². The van der Waals surface area contributed by atoms with E-state index in [1.165, 1.54) is 76.2 Å². The maximum Gasteiger partial charge on any atom is 0.0441 e. The third-order valence-corrected chi connectivity index (χ3v) is 4.59. The first kappa shape index (κ1) is 16.7. The summed E-state index contributed by atoms with van der Waals surface area (Å²) < 4.78 is 4.29. The Morgan fingerprint density at radius 3 is 2.00 bits per heavy atom. The summed E-state index contributed by atoms with van der Waals surface area (Å²) in [6.45, 7) is 4.57. The van der Waals surface area contributed by atoms with Crippen molar-refractivity contribution in [2.45, 2.75) is 90.4 Å². The van der Waals surface area contributed by atoms with Crippen molar-refractivity contribution in [3.63, 3.8) is 0 Å². The Kier molecular flexibility index (Phi) is 10.1. The zero-order valence-corrected chi connectivity index (χ0v) is 13.7. The Bertz CT molecular complexity index is 281. The summed E-state index contributed by atoms with van der Waals surface area (Å²) in [5.74, 6) is 0.775. The Morgan fingerprint density at radius 1 is 0.895 bits per heavy atom. The fourth-order valence-corrected chi connectivity index (χ4v) is 3.32. The van der Waals surface area contributed by atoms with Crippen LogP contribution in [0.15, 0.2) is 11.6 Å². The second-order valence-electron chi connectivity index (χ2n) is 5.71. The van der Waals surface area contributed by atoms with Crippen molar-refractivity contribution >= 4 is 11.5 Å². The summed E-state index contributed by atoms with van der Waals surface area (Å²) in [5.41, 5.74) is 1.50. The third-order valence-electron chi connectivity index (χ3n) is 3.99. The number of aromatic nitrogens is 1. The highest BCUT2D eigenvalue weighted by Gasteiger charge is 2.12. The summed E-state index contributed by atoms with van der Waals surface area (Å²) >= 11 is 1.61. The summed E-state index contributed by atoms with van der Waals surface area (Å²) in [7, 11) is 0. The van der Waals surface area contributed by atoms with Crippen LogP contribution in [0.4, 0.5) is 0 Å². The van der Waals surface area contributed by atoms with Crippen LogP contribution in [-0.2, 0) is 0 Å². The smallest absolute Gasteiger partial charge is 0.0441 e. The quantitative estimate of drug-likeness (QED) is 0.395. The largest absolute Gasteiger partial charge is 0.201 e. The van der Waals surface area contributed by atoms with Crippen LogP contribution in [0.2, 0.25) is 0 Å². The molecular formula is C17H31NS. The molecule has 1 nitrogen and oxygen atoms in total. The first-order valence-corrected chi connectivity index (χ1v) is 9.11. The van der Waals surface area contributed by atoms with Gasteiger partial charge in [0, 0.05) is 11.6 Å². The summed E-state index contributed by atoms with van der Waals surface area (Å²) in [4.78, 5) is 0. The Balaban J connectivity index is 2.25. The van der Waals surface area contributed by atoms with E-state index in [0.29, 0.717) is 0 Å². The van der Waals surface area contributed by atoms with Gasteiger partial charge in [0.1, 0.15) is 0 Å². The SMILES string of the molecule is CCCCCCCC(CCCCCC)c1cnsc1. The monoisotopic (exact) mass is 281 g/mol. The molecule has 0 N–H and O–H groups in total. The molecule has 0 spiro atoms. The van der Waals surface area contributed by atoms with Crippen molar-refractivity contribution in [3.8, 4) is 0 Å². The molecule has 0 aliphatic carbocycles. The Hall–Kier alpha value is -0.370. The maximum absolute atomic E-state index is 4.29. The first-order chi connectivity index (χ1) is 9.38. The molecular weight excluding hydrogens is 250 g/mol. The highest BCUT2D eigenvalue weighted by molar-refractivity contribution is 7.03. The van der Waals surface area contributed by atoms with Crippen molar-refractivity contribution in [1.82, 2.24) is 4.37 Å². The maximum atomic E-state index is 4.29. The third kappa shape index (κ3) is 7.71. The minimum absolute atomic E-state index is 0.775. The molecule has 0 saturated carbocycles. The van der Waals surface area contributed by atoms with Crippen molar-refractivity contribution in [2.24, 2.45) is 0 Å². The molecule has 0 fully saturated rings. The molecule has 0 saturated heterocycles. The van der Waals surface area contributed by atoms with Gasteiger partial charge in [0.25, 0.3) is 0 Å². The van der Waals surface area contributed by atoms with Crippen LogP contribution < -0.4 is 0 Å². The first-order valence-electron chi connectivity index (χ1n) is 8.27. The Labute approximate surface area is 124 Å². The summed E-state index contributed by atoms with van der Waals surface area (Å²) in [6.07, 6.45) is 17.3. The van der Waals surface area contributed by atoms with Gasteiger partial charge in [-0.2, -0.15) is 0 Å². The minimum atomic E-state index is 0.775. The molecule has 0 bridgehead atoms. The van der Waals surface area contributed by atoms with Gasteiger partial charge in [0.15, 0.2) is 0 Å². The van der Waals surface area contributed by atoms with E-state index in [0.717, 1.165) is 5.92 Å². The van der Waals surface area contributed by atoms with Crippen LogP contribution in [-0.4, -0.2) is 4.37 Å². The molecule has 1 aromatic heterocycles. The predicted octanol–water partition coefficient (Wildman–Crippen LogP) is 6.56. The molecule has 0 aliphatic rings. The van der Waals surface area contributed by atoms with Crippen LogP contribution in [0.1, 0.15) is 96.0 Å². The van der Waals surface area contributed by atoms with E-state index in [4.69, 9.17) is 0 Å². The lowest BCUT2D eigenvalue weighted by atomic mass is 9.90. The van der Waals surface area contributed by atoms with E-state index >= 15 is 0 Å². The second-order valence-corrected chi connectivity index (χ2v) is 6.36. The second kappa shape index (κ2) is 11.5. The van der Waals surface area contributed by atoms with Crippen LogP contribution in [0.5, 0.6) is 0 Å². The number of rotatable bonds is 12. The van der Waals surface area contributed by atoms with Gasteiger partial charge in [-0.25, -0.2) is 4.37 Å². The topological polar surface area (TPSA) is 12.9 Å². The number of hydrogen-bond donors (Lipinski definition) is 0. The molecule has 0 aromatic carbocycles. The molecule has 1 rings (SSSR count). The summed E-state index contributed by atoms with van der Waals surface area (Å²) in [6, 6.07) is 0. The van der Waals surface area contributed by atoms with Gasteiger partial charge >= 0.3 is 0 Å². The average molecular weight is 282 g/mol. The van der Waals surface area contributed by atoms with Crippen molar-refractivity contribution in [3.05, 3.63) is 17.1 Å². The molecule has 0 amide bonds. The number of nitrogens with zero attached hydrogens (tertiary/aromatic N) is 1. The zero-order valence-electron chi connectivity index (χ0n) is 12.9. The van der Waals surface area contributed by atoms with E-state index in [2.05, 4.69) is 29.8 Å². The van der Waals surface area contributed by atoms with E-state index in [-0.39, 0.29) is 0 Å². The standard InChI is InChI=1S/C17H31NS/c1-3-5-7-9-11-13-16(12-10-8-6-4-2)17-14-18-19-15-17/h14-16H,3-13H2,1-2H3. The zero-order chi connectivity index (χ0) is 13.8. The van der Waals surface area contributed by atoms with E-state index < -0.39 is 0 Å². The van der Waals surface area contributed by atoms with Crippen molar-refractivity contribution in [1.29, 1.82) is 0 Å². The van der Waals surface area contributed by atoms with Gasteiger partial charge < -0.3 is 0 Å². The molecule has 1 atom stereocenters. The van der Waals surface area contributed by atoms with Gasteiger partial charge in [-0.3, -0.25) is 0 Å². The molecule has 1 aromatic rings. The number of hydrogen-bond acceptors (Lipinski definition) is 2. The van der Waals surface area contributed by atoms with Gasteiger partial charge in [-0.15, -0.1) is 0 Å². The van der Waals surface area contributed by atoms with Gasteiger partial charge in [0.2, 0.25) is 0 Å². The fourth-order valence-electron chi connectivity index (χ4n) is 2.70. The Morgan fingerprint density at radius 2 is 1.47 bits per heavy atom. The lowest BCUT2D eigenvalue weighted by molar-refractivity contribution is 0.494. The normalized spacial score (nSPS) is 12.7. The summed E-state index contributed by atoms with van der Waals surface area (Å²) in [5, 5.41) is 2.26. The van der Waals surface area contributed by atoms with Crippen molar-refractivity contribution < 1.29 is 0 Å². The molecule has 19 heavy (non-hydrogen) atoms. The average Bonchev–Trinajstić information content (AvgIpc) is 2.95. The minimum Gasteiger partial charge on any atom is -0.201 e. The van der Waals surface area contributed by atoms with Crippen LogP contribution >= 0.6 is 11.5 Å². The molecule has 2 heteroatoms. The van der Waals surface area contributed by atoms with Gasteiger partial charge in [-0.1, -0.05) is 71.6 Å². The highest BCUT2D eigenvalue weighted by Crippen LogP contribution is 2.29. The lowest BCUT2D eigenvalue weighted by Gasteiger charge is -2.15. The molecule has 110 valence electrons. The van der Waals surface area contributed by atoms with E-state index in [1.54, 1.807) is 11.5 Å².